The van der Waals surface area contributed by atoms with Gasteiger partial charge in [-0.15, -0.1) is 0 Å². The summed E-state index contributed by atoms with van der Waals surface area (Å²) in [5, 5.41) is 5.63. The van der Waals surface area contributed by atoms with Crippen molar-refractivity contribution in [1.29, 1.82) is 0 Å². The van der Waals surface area contributed by atoms with E-state index in [0.717, 1.165) is 24.9 Å². The van der Waals surface area contributed by atoms with Gasteiger partial charge in [-0.05, 0) is 49.1 Å². The van der Waals surface area contributed by atoms with E-state index in [-0.39, 0.29) is 36.4 Å². The van der Waals surface area contributed by atoms with Gasteiger partial charge in [-0.25, -0.2) is 0 Å². The van der Waals surface area contributed by atoms with E-state index in [9.17, 15) is 14.4 Å². The molecule has 1 aliphatic rings. The Kier molecular flexibility index (Phi) is 6.01. The third-order valence-electron chi connectivity index (χ3n) is 4.65. The predicted molar refractivity (Wildman–Crippen MR) is 106 cm³/mol. The number of rotatable bonds is 8. The molecule has 0 saturated heterocycles. The first-order valence-corrected chi connectivity index (χ1v) is 9.38. The van der Waals surface area contributed by atoms with E-state index in [1.807, 2.05) is 24.3 Å². The quantitative estimate of drug-likeness (QED) is 0.689. The van der Waals surface area contributed by atoms with Crippen molar-refractivity contribution in [2.75, 3.05) is 10.6 Å². The molecule has 0 bridgehead atoms. The molecular formula is C22H24N2O3. The van der Waals surface area contributed by atoms with Crippen LogP contribution in [-0.4, -0.2) is 17.6 Å². The first-order chi connectivity index (χ1) is 13.0. The highest BCUT2D eigenvalue weighted by Gasteiger charge is 2.29. The van der Waals surface area contributed by atoms with Gasteiger partial charge in [-0.2, -0.15) is 0 Å². The van der Waals surface area contributed by atoms with E-state index in [1.165, 1.54) is 5.56 Å². The van der Waals surface area contributed by atoms with Gasteiger partial charge in [-0.1, -0.05) is 31.2 Å². The zero-order valence-corrected chi connectivity index (χ0v) is 15.5. The summed E-state index contributed by atoms with van der Waals surface area (Å²) in [6, 6.07) is 14.5. The Labute approximate surface area is 159 Å². The summed E-state index contributed by atoms with van der Waals surface area (Å²) in [5.74, 6) is -0.0356. The molecular weight excluding hydrogens is 340 g/mol. The molecule has 5 nitrogen and oxygen atoms in total. The first-order valence-electron chi connectivity index (χ1n) is 9.38. The fourth-order valence-electron chi connectivity index (χ4n) is 2.75. The minimum atomic E-state index is -0.205. The lowest BCUT2D eigenvalue weighted by Gasteiger charge is -2.08. The van der Waals surface area contributed by atoms with Gasteiger partial charge < -0.3 is 10.6 Å². The maximum atomic E-state index is 12.2. The number of hydrogen-bond donors (Lipinski definition) is 2. The molecule has 1 aliphatic carbocycles. The van der Waals surface area contributed by atoms with E-state index in [0.29, 0.717) is 11.3 Å². The molecule has 0 spiro atoms. The van der Waals surface area contributed by atoms with Crippen LogP contribution in [0.25, 0.3) is 0 Å². The molecule has 2 amide bonds. The van der Waals surface area contributed by atoms with Crippen molar-refractivity contribution in [2.24, 2.45) is 5.92 Å². The van der Waals surface area contributed by atoms with Crippen LogP contribution in [0.4, 0.5) is 11.4 Å². The van der Waals surface area contributed by atoms with Crippen molar-refractivity contribution in [3.05, 3.63) is 59.7 Å². The molecule has 1 saturated carbocycles. The summed E-state index contributed by atoms with van der Waals surface area (Å²) in [6.45, 7) is 2.06. The second-order valence-corrected chi connectivity index (χ2v) is 6.86. The molecule has 0 aromatic heterocycles. The molecule has 0 unspecified atom stereocenters. The van der Waals surface area contributed by atoms with Gasteiger partial charge in [0.25, 0.3) is 0 Å². The summed E-state index contributed by atoms with van der Waals surface area (Å²) >= 11 is 0. The summed E-state index contributed by atoms with van der Waals surface area (Å²) in [5.41, 5.74) is 3.18. The number of anilines is 2. The number of carbonyl (C=O) groups excluding carboxylic acids is 3. The van der Waals surface area contributed by atoms with Crippen LogP contribution in [0.2, 0.25) is 0 Å². The Bertz CT molecular complexity index is 822. The lowest BCUT2D eigenvalue weighted by atomic mass is 10.0. The van der Waals surface area contributed by atoms with E-state index in [4.69, 9.17) is 0 Å². The molecule has 0 atom stereocenters. The van der Waals surface area contributed by atoms with Crippen molar-refractivity contribution in [3.63, 3.8) is 0 Å². The summed E-state index contributed by atoms with van der Waals surface area (Å²) in [7, 11) is 0. The van der Waals surface area contributed by atoms with Crippen LogP contribution in [0.3, 0.4) is 0 Å². The fraction of sp³-hybridized carbons (Fsp3) is 0.318. The van der Waals surface area contributed by atoms with Crippen LogP contribution in [-0.2, 0) is 16.0 Å². The smallest absolute Gasteiger partial charge is 0.227 e. The predicted octanol–water partition coefficient (Wildman–Crippen LogP) is 4.20. The van der Waals surface area contributed by atoms with Crippen LogP contribution in [0.5, 0.6) is 0 Å². The topological polar surface area (TPSA) is 75.3 Å². The largest absolute Gasteiger partial charge is 0.326 e. The highest BCUT2D eigenvalue weighted by Crippen LogP contribution is 2.30. The van der Waals surface area contributed by atoms with E-state index >= 15 is 0 Å². The number of nitrogens with one attached hydrogen (secondary N) is 2. The molecule has 3 rings (SSSR count). The van der Waals surface area contributed by atoms with E-state index in [2.05, 4.69) is 17.6 Å². The van der Waals surface area contributed by atoms with Gasteiger partial charge in [0.2, 0.25) is 11.8 Å². The summed E-state index contributed by atoms with van der Waals surface area (Å²) < 4.78 is 0. The van der Waals surface area contributed by atoms with Crippen molar-refractivity contribution < 1.29 is 14.4 Å². The van der Waals surface area contributed by atoms with Crippen molar-refractivity contribution in [3.8, 4) is 0 Å². The van der Waals surface area contributed by atoms with E-state index < -0.39 is 0 Å². The molecule has 0 radical (unpaired) electrons. The van der Waals surface area contributed by atoms with Gasteiger partial charge in [0, 0.05) is 35.7 Å². The van der Waals surface area contributed by atoms with Crippen molar-refractivity contribution in [1.82, 2.24) is 0 Å². The third kappa shape index (κ3) is 5.51. The number of Topliss-reactive ketones (excluding diaryl/α,β-unsaturated/α-hetero) is 1. The average Bonchev–Trinajstić information content (AvgIpc) is 3.53. The summed E-state index contributed by atoms with van der Waals surface area (Å²) in [4.78, 5) is 36.0. The lowest BCUT2D eigenvalue weighted by Crippen LogP contribution is -2.14. The Hall–Kier alpha value is -2.95. The molecule has 2 aromatic rings. The van der Waals surface area contributed by atoms with Gasteiger partial charge in [0.05, 0.1) is 0 Å². The van der Waals surface area contributed by atoms with Gasteiger partial charge in [0.1, 0.15) is 0 Å². The third-order valence-corrected chi connectivity index (χ3v) is 4.65. The minimum Gasteiger partial charge on any atom is -0.326 e. The van der Waals surface area contributed by atoms with Gasteiger partial charge in [-0.3, -0.25) is 14.4 Å². The molecule has 0 aliphatic heterocycles. The van der Waals surface area contributed by atoms with Crippen LogP contribution < -0.4 is 10.6 Å². The Morgan fingerprint density at radius 1 is 0.852 bits per heavy atom. The molecule has 2 N–H and O–H groups in total. The molecule has 27 heavy (non-hydrogen) atoms. The Balaban J connectivity index is 1.45. The van der Waals surface area contributed by atoms with E-state index in [1.54, 1.807) is 24.3 Å². The second kappa shape index (κ2) is 8.62. The Morgan fingerprint density at radius 2 is 1.44 bits per heavy atom. The standard InChI is InChI=1S/C22H24N2O3/c1-2-15-3-5-16(6-4-15)20(25)13-14-21(26)23-18-9-11-19(12-10-18)24-22(27)17-7-8-17/h3-6,9-12,17H,2,7-8,13-14H2,1H3,(H,23,26)(H,24,27). The highest BCUT2D eigenvalue weighted by atomic mass is 16.2. The van der Waals surface area contributed by atoms with Crippen molar-refractivity contribution in [2.45, 2.75) is 39.0 Å². The summed E-state index contributed by atoms with van der Waals surface area (Å²) in [6.07, 6.45) is 3.16. The fourth-order valence-corrected chi connectivity index (χ4v) is 2.75. The molecule has 140 valence electrons. The van der Waals surface area contributed by atoms with Crippen LogP contribution in [0.1, 0.15) is 48.5 Å². The van der Waals surface area contributed by atoms with Gasteiger partial charge >= 0.3 is 0 Å². The SMILES string of the molecule is CCc1ccc(C(=O)CCC(=O)Nc2ccc(NC(=O)C3CC3)cc2)cc1. The normalized spacial score (nSPS) is 13.1. The van der Waals surface area contributed by atoms with Crippen LogP contribution in [0, 0.1) is 5.92 Å². The van der Waals surface area contributed by atoms with Gasteiger partial charge in [0.15, 0.2) is 5.78 Å². The zero-order valence-electron chi connectivity index (χ0n) is 15.5. The number of amides is 2. The number of hydrogen-bond acceptors (Lipinski definition) is 3. The molecule has 1 fully saturated rings. The number of benzene rings is 2. The number of carbonyl (C=O) groups is 3. The Morgan fingerprint density at radius 3 is 2.00 bits per heavy atom. The zero-order chi connectivity index (χ0) is 19.2. The number of aryl methyl sites for hydroxylation is 1. The minimum absolute atomic E-state index is 0.0362. The van der Waals surface area contributed by atoms with Crippen LogP contribution >= 0.6 is 0 Å². The van der Waals surface area contributed by atoms with Crippen molar-refractivity contribution >= 4 is 29.0 Å². The first kappa shape index (κ1) is 18.8. The average molecular weight is 364 g/mol. The molecule has 5 heteroatoms. The second-order valence-electron chi connectivity index (χ2n) is 6.86. The monoisotopic (exact) mass is 364 g/mol. The lowest BCUT2D eigenvalue weighted by molar-refractivity contribution is -0.117. The number of ketones is 1. The van der Waals surface area contributed by atoms with Crippen LogP contribution in [0.15, 0.2) is 48.5 Å². The molecule has 2 aromatic carbocycles. The highest BCUT2D eigenvalue weighted by molar-refractivity contribution is 6.00. The maximum absolute atomic E-state index is 12.2. The maximum Gasteiger partial charge on any atom is 0.227 e. The molecule has 0 heterocycles.